The highest BCUT2D eigenvalue weighted by atomic mass is 32.1. The van der Waals surface area contributed by atoms with E-state index >= 15 is 0 Å². The second-order valence-electron chi connectivity index (χ2n) is 8.13. The molecule has 5 rings (SSSR count). The predicted molar refractivity (Wildman–Crippen MR) is 134 cm³/mol. The lowest BCUT2D eigenvalue weighted by Crippen LogP contribution is -2.20. The van der Waals surface area contributed by atoms with Crippen LogP contribution in [0.25, 0.3) is 27.6 Å². The molecule has 1 amide bonds. The van der Waals surface area contributed by atoms with Crippen molar-refractivity contribution in [3.8, 4) is 27.7 Å². The van der Waals surface area contributed by atoms with Gasteiger partial charge in [0.1, 0.15) is 5.75 Å². The minimum absolute atomic E-state index is 0.0691. The van der Waals surface area contributed by atoms with E-state index in [0.29, 0.717) is 28.8 Å². The number of carbonyl (C=O) groups is 1. The van der Waals surface area contributed by atoms with Gasteiger partial charge in [-0.2, -0.15) is 9.61 Å². The van der Waals surface area contributed by atoms with Crippen molar-refractivity contribution >= 4 is 28.6 Å². The van der Waals surface area contributed by atoms with E-state index in [9.17, 15) is 4.79 Å². The fraction of sp³-hybridized carbons (Fsp3) is 0.154. The zero-order valence-electron chi connectivity index (χ0n) is 18.8. The van der Waals surface area contributed by atoms with Crippen molar-refractivity contribution in [2.75, 3.05) is 11.9 Å². The quantitative estimate of drug-likeness (QED) is 0.333. The van der Waals surface area contributed by atoms with E-state index in [4.69, 9.17) is 9.84 Å². The number of hydrogen-bond donors (Lipinski definition) is 1. The molecular formula is C26H23N5O2S. The molecule has 5 aromatic rings. The Morgan fingerprint density at radius 1 is 1.03 bits per heavy atom. The molecule has 0 spiro atoms. The van der Waals surface area contributed by atoms with E-state index in [1.165, 1.54) is 5.56 Å². The molecule has 0 fully saturated rings. The topological polar surface area (TPSA) is 81.4 Å². The van der Waals surface area contributed by atoms with Crippen LogP contribution in [0, 0.1) is 0 Å². The van der Waals surface area contributed by atoms with Gasteiger partial charge in [-0.3, -0.25) is 4.79 Å². The number of nitrogens with zero attached hydrogens (tertiary/aromatic N) is 4. The van der Waals surface area contributed by atoms with Crippen LogP contribution < -0.4 is 10.1 Å². The van der Waals surface area contributed by atoms with Crippen molar-refractivity contribution in [1.29, 1.82) is 0 Å². The second-order valence-corrected chi connectivity index (χ2v) is 9.08. The monoisotopic (exact) mass is 469 g/mol. The Kier molecular flexibility index (Phi) is 6.05. The molecule has 0 aliphatic carbocycles. The zero-order valence-corrected chi connectivity index (χ0v) is 19.6. The van der Waals surface area contributed by atoms with Crippen molar-refractivity contribution in [1.82, 2.24) is 19.8 Å². The maximum atomic E-state index is 12.5. The van der Waals surface area contributed by atoms with Crippen LogP contribution in [-0.4, -0.2) is 32.3 Å². The Bertz CT molecular complexity index is 1430. The van der Waals surface area contributed by atoms with E-state index < -0.39 is 0 Å². The van der Waals surface area contributed by atoms with Crippen LogP contribution in [0.4, 0.5) is 5.69 Å². The number of ether oxygens (including phenoxy) is 1. The van der Waals surface area contributed by atoms with Gasteiger partial charge in [0.2, 0.25) is 0 Å². The maximum absolute atomic E-state index is 12.5. The number of fused-ring (bicyclic) bond motifs is 1. The number of benzene rings is 2. The van der Waals surface area contributed by atoms with Crippen molar-refractivity contribution < 1.29 is 9.53 Å². The molecule has 0 radical (unpaired) electrons. The summed E-state index contributed by atoms with van der Waals surface area (Å²) >= 11 is 1.59. The van der Waals surface area contributed by atoms with Crippen LogP contribution in [0.15, 0.2) is 78.2 Å². The molecule has 0 unspecified atom stereocenters. The maximum Gasteiger partial charge on any atom is 0.262 e. The molecule has 1 N–H and O–H groups in total. The minimum atomic E-state index is -0.229. The highest BCUT2D eigenvalue weighted by Gasteiger charge is 2.12. The van der Waals surface area contributed by atoms with E-state index in [1.807, 2.05) is 78.2 Å². The van der Waals surface area contributed by atoms with Gasteiger partial charge in [-0.1, -0.05) is 44.2 Å². The number of aromatic nitrogens is 4. The molecule has 2 aromatic carbocycles. The van der Waals surface area contributed by atoms with Crippen molar-refractivity contribution in [3.63, 3.8) is 0 Å². The first-order chi connectivity index (χ1) is 16.6. The van der Waals surface area contributed by atoms with Crippen molar-refractivity contribution in [2.45, 2.75) is 19.8 Å². The summed E-state index contributed by atoms with van der Waals surface area (Å²) in [4.78, 5) is 13.5. The Balaban J connectivity index is 1.29. The first kappa shape index (κ1) is 21.8. The number of amides is 1. The SMILES string of the molecule is CC(C)c1ccc(OCC(=O)Nc2cccc(-c3ccc4nnc(-c5cccs5)n4n3)c2)cc1. The largest absolute Gasteiger partial charge is 0.484 e. The molecule has 0 aliphatic rings. The minimum Gasteiger partial charge on any atom is -0.484 e. The van der Waals surface area contributed by atoms with Crippen molar-refractivity contribution in [3.05, 3.63) is 83.7 Å². The number of carbonyl (C=O) groups excluding carboxylic acids is 1. The van der Waals surface area contributed by atoms with Gasteiger partial charge in [0, 0.05) is 11.3 Å². The highest BCUT2D eigenvalue weighted by molar-refractivity contribution is 7.13. The molecule has 8 heteroatoms. The number of nitrogens with one attached hydrogen (secondary N) is 1. The number of rotatable bonds is 7. The summed E-state index contributed by atoms with van der Waals surface area (Å²) in [5.74, 6) is 1.59. The van der Waals surface area contributed by atoms with Crippen molar-refractivity contribution in [2.24, 2.45) is 0 Å². The molecule has 0 atom stereocenters. The molecule has 3 aromatic heterocycles. The molecule has 0 saturated heterocycles. The van der Waals surface area contributed by atoms with Crippen LogP contribution in [0.5, 0.6) is 5.75 Å². The zero-order chi connectivity index (χ0) is 23.5. The Morgan fingerprint density at radius 3 is 2.65 bits per heavy atom. The summed E-state index contributed by atoms with van der Waals surface area (Å²) in [6.45, 7) is 4.21. The van der Waals surface area contributed by atoms with Gasteiger partial charge in [0.15, 0.2) is 18.1 Å². The van der Waals surface area contributed by atoms with Gasteiger partial charge in [-0.25, -0.2) is 0 Å². The van der Waals surface area contributed by atoms with Gasteiger partial charge in [0.25, 0.3) is 5.91 Å². The third-order valence-electron chi connectivity index (χ3n) is 5.36. The highest BCUT2D eigenvalue weighted by Crippen LogP contribution is 2.26. The Labute approximate surface area is 201 Å². The fourth-order valence-electron chi connectivity index (χ4n) is 3.55. The average molecular weight is 470 g/mol. The average Bonchev–Trinajstić information content (AvgIpc) is 3.52. The van der Waals surface area contributed by atoms with Crippen LogP contribution in [0.2, 0.25) is 0 Å². The standard InChI is InChI=1S/C26H23N5O2S/c1-17(2)18-8-10-21(11-9-18)33-16-25(32)27-20-6-3-5-19(15-20)22-12-13-24-28-29-26(31(24)30-22)23-7-4-14-34-23/h3-15,17H,16H2,1-2H3,(H,27,32). The first-order valence-corrected chi connectivity index (χ1v) is 11.8. The van der Waals surface area contributed by atoms with Gasteiger partial charge in [-0.15, -0.1) is 21.5 Å². The number of anilines is 1. The lowest BCUT2D eigenvalue weighted by molar-refractivity contribution is -0.118. The summed E-state index contributed by atoms with van der Waals surface area (Å²) < 4.78 is 7.38. The van der Waals surface area contributed by atoms with Crippen LogP contribution >= 0.6 is 11.3 Å². The first-order valence-electron chi connectivity index (χ1n) is 11.0. The molecule has 0 saturated carbocycles. The second kappa shape index (κ2) is 9.44. The van der Waals surface area contributed by atoms with Gasteiger partial charge in [-0.05, 0) is 59.3 Å². The van der Waals surface area contributed by atoms with E-state index in [2.05, 4.69) is 29.4 Å². The van der Waals surface area contributed by atoms with E-state index in [-0.39, 0.29) is 12.5 Å². The van der Waals surface area contributed by atoms with Crippen LogP contribution in [-0.2, 0) is 4.79 Å². The molecule has 170 valence electrons. The molecule has 3 heterocycles. The van der Waals surface area contributed by atoms with Gasteiger partial charge in [0.05, 0.1) is 10.6 Å². The Morgan fingerprint density at radius 2 is 1.88 bits per heavy atom. The fourth-order valence-corrected chi connectivity index (χ4v) is 4.25. The van der Waals surface area contributed by atoms with E-state index in [1.54, 1.807) is 15.9 Å². The summed E-state index contributed by atoms with van der Waals surface area (Å²) in [5.41, 5.74) is 4.20. The summed E-state index contributed by atoms with van der Waals surface area (Å²) in [6, 6.07) is 23.1. The van der Waals surface area contributed by atoms with Crippen LogP contribution in [0.1, 0.15) is 25.3 Å². The third kappa shape index (κ3) is 4.67. The summed E-state index contributed by atoms with van der Waals surface area (Å²) in [7, 11) is 0. The summed E-state index contributed by atoms with van der Waals surface area (Å²) in [5, 5.41) is 18.1. The van der Waals surface area contributed by atoms with Crippen LogP contribution in [0.3, 0.4) is 0 Å². The molecule has 7 nitrogen and oxygen atoms in total. The lowest BCUT2D eigenvalue weighted by Gasteiger charge is -2.10. The molecule has 0 bridgehead atoms. The molecule has 34 heavy (non-hydrogen) atoms. The third-order valence-corrected chi connectivity index (χ3v) is 6.23. The van der Waals surface area contributed by atoms with E-state index in [0.717, 1.165) is 16.1 Å². The number of hydrogen-bond acceptors (Lipinski definition) is 6. The van der Waals surface area contributed by atoms with Gasteiger partial charge < -0.3 is 10.1 Å². The normalized spacial score (nSPS) is 11.1. The molecular weight excluding hydrogens is 446 g/mol. The smallest absolute Gasteiger partial charge is 0.262 e. The lowest BCUT2D eigenvalue weighted by atomic mass is 10.0. The summed E-state index contributed by atoms with van der Waals surface area (Å²) in [6.07, 6.45) is 0. The Hall–Kier alpha value is -4.04. The number of thiophene rings is 1. The predicted octanol–water partition coefficient (Wildman–Crippen LogP) is 5.66. The molecule has 0 aliphatic heterocycles. The van der Waals surface area contributed by atoms with Gasteiger partial charge >= 0.3 is 0 Å².